The van der Waals surface area contributed by atoms with Gasteiger partial charge in [-0.25, -0.2) is 0 Å². The lowest BCUT2D eigenvalue weighted by Gasteiger charge is -2.48. The van der Waals surface area contributed by atoms with Crippen LogP contribution in [0.2, 0.25) is 0 Å². The van der Waals surface area contributed by atoms with Crippen molar-refractivity contribution in [1.82, 2.24) is 10.1 Å². The standard InChI is InChI=1S/C17H30N2O/c1-11-18-15(19-20-11)12-8-9-13(16(2,3)4)14(10-12)17(5,6)7/h12-14H,8-10H2,1-7H3. The fraction of sp³-hybridized carbons (Fsp3) is 0.882. The molecule has 0 N–H and O–H groups in total. The van der Waals surface area contributed by atoms with Gasteiger partial charge in [0.1, 0.15) is 0 Å². The first kappa shape index (κ1) is 15.5. The summed E-state index contributed by atoms with van der Waals surface area (Å²) in [4.78, 5) is 4.46. The Morgan fingerprint density at radius 2 is 1.55 bits per heavy atom. The second kappa shape index (κ2) is 5.16. The zero-order valence-corrected chi connectivity index (χ0v) is 14.2. The quantitative estimate of drug-likeness (QED) is 0.728. The number of nitrogens with zero attached hydrogens (tertiary/aromatic N) is 2. The average molecular weight is 278 g/mol. The third-order valence-electron chi connectivity index (χ3n) is 4.98. The van der Waals surface area contributed by atoms with E-state index in [1.54, 1.807) is 0 Å². The first-order chi connectivity index (χ1) is 9.09. The molecule has 0 radical (unpaired) electrons. The molecular weight excluding hydrogens is 248 g/mol. The lowest BCUT2D eigenvalue weighted by Crippen LogP contribution is -2.40. The summed E-state index contributed by atoms with van der Waals surface area (Å²) in [6.07, 6.45) is 3.64. The lowest BCUT2D eigenvalue weighted by molar-refractivity contribution is 0.0238. The van der Waals surface area contributed by atoms with Crippen molar-refractivity contribution in [2.75, 3.05) is 0 Å². The minimum absolute atomic E-state index is 0.329. The molecule has 3 unspecified atom stereocenters. The Labute approximate surface area is 123 Å². The van der Waals surface area contributed by atoms with Crippen molar-refractivity contribution in [2.45, 2.75) is 73.6 Å². The van der Waals surface area contributed by atoms with E-state index in [4.69, 9.17) is 4.52 Å². The molecular formula is C17H30N2O. The predicted molar refractivity (Wildman–Crippen MR) is 81.5 cm³/mol. The first-order valence-corrected chi connectivity index (χ1v) is 7.89. The van der Waals surface area contributed by atoms with Gasteiger partial charge in [0, 0.05) is 12.8 Å². The Morgan fingerprint density at radius 1 is 0.950 bits per heavy atom. The normalized spacial score (nSPS) is 28.6. The van der Waals surface area contributed by atoms with E-state index < -0.39 is 0 Å². The summed E-state index contributed by atoms with van der Waals surface area (Å²) in [6.45, 7) is 16.2. The van der Waals surface area contributed by atoms with Crippen molar-refractivity contribution in [3.05, 3.63) is 11.7 Å². The molecule has 0 saturated heterocycles. The zero-order chi connectivity index (χ0) is 15.1. The molecule has 1 heterocycles. The summed E-state index contributed by atoms with van der Waals surface area (Å²) < 4.78 is 5.17. The van der Waals surface area contributed by atoms with E-state index in [2.05, 4.69) is 51.7 Å². The van der Waals surface area contributed by atoms with Crippen LogP contribution in [-0.4, -0.2) is 10.1 Å². The van der Waals surface area contributed by atoms with Crippen LogP contribution in [0.5, 0.6) is 0 Å². The average Bonchev–Trinajstić information content (AvgIpc) is 2.73. The van der Waals surface area contributed by atoms with Gasteiger partial charge >= 0.3 is 0 Å². The van der Waals surface area contributed by atoms with Crippen molar-refractivity contribution in [3.8, 4) is 0 Å². The summed E-state index contributed by atoms with van der Waals surface area (Å²) in [5.74, 6) is 3.55. The Hall–Kier alpha value is -0.860. The van der Waals surface area contributed by atoms with Gasteiger partial charge in [0.05, 0.1) is 0 Å². The second-order valence-corrected chi connectivity index (χ2v) is 8.63. The van der Waals surface area contributed by atoms with Crippen molar-refractivity contribution in [2.24, 2.45) is 22.7 Å². The van der Waals surface area contributed by atoms with Crippen molar-refractivity contribution < 1.29 is 4.52 Å². The third-order valence-corrected chi connectivity index (χ3v) is 4.98. The largest absolute Gasteiger partial charge is 0.340 e. The highest BCUT2D eigenvalue weighted by Crippen LogP contribution is 2.52. The van der Waals surface area contributed by atoms with Gasteiger partial charge in [0.15, 0.2) is 5.82 Å². The number of aromatic nitrogens is 2. The van der Waals surface area contributed by atoms with Crippen LogP contribution in [0.4, 0.5) is 0 Å². The summed E-state index contributed by atoms with van der Waals surface area (Å²) in [5.41, 5.74) is 0.700. The fourth-order valence-corrected chi connectivity index (χ4v) is 3.88. The second-order valence-electron chi connectivity index (χ2n) is 8.63. The number of rotatable bonds is 1. The maximum absolute atomic E-state index is 5.17. The van der Waals surface area contributed by atoms with Crippen molar-refractivity contribution in [1.29, 1.82) is 0 Å². The minimum atomic E-state index is 0.329. The molecule has 1 saturated carbocycles. The minimum Gasteiger partial charge on any atom is -0.340 e. The van der Waals surface area contributed by atoms with Crippen LogP contribution in [0, 0.1) is 29.6 Å². The molecule has 1 aromatic heterocycles. The highest BCUT2D eigenvalue weighted by Gasteiger charge is 2.43. The maximum atomic E-state index is 5.17. The summed E-state index contributed by atoms with van der Waals surface area (Å²) in [7, 11) is 0. The molecule has 1 aromatic rings. The molecule has 1 fully saturated rings. The van der Waals surface area contributed by atoms with Gasteiger partial charge < -0.3 is 4.52 Å². The SMILES string of the molecule is Cc1nc(C2CCC(C(C)(C)C)C(C(C)(C)C)C2)no1. The van der Waals surface area contributed by atoms with Gasteiger partial charge in [-0.3, -0.25) is 0 Å². The van der Waals surface area contributed by atoms with E-state index in [9.17, 15) is 0 Å². The number of hydrogen-bond acceptors (Lipinski definition) is 3. The Balaban J connectivity index is 2.22. The zero-order valence-electron chi connectivity index (χ0n) is 14.2. The summed E-state index contributed by atoms with van der Waals surface area (Å²) in [6, 6.07) is 0. The molecule has 3 atom stereocenters. The van der Waals surface area contributed by atoms with Crippen LogP contribution in [0.25, 0.3) is 0 Å². The molecule has 20 heavy (non-hydrogen) atoms. The van der Waals surface area contributed by atoms with E-state index in [0.717, 1.165) is 11.7 Å². The molecule has 2 rings (SSSR count). The van der Waals surface area contributed by atoms with E-state index in [1.807, 2.05) is 6.92 Å². The third kappa shape index (κ3) is 3.24. The smallest absolute Gasteiger partial charge is 0.223 e. The van der Waals surface area contributed by atoms with E-state index >= 15 is 0 Å². The van der Waals surface area contributed by atoms with Gasteiger partial charge in [-0.05, 0) is 41.9 Å². The van der Waals surface area contributed by atoms with E-state index in [1.165, 1.54) is 19.3 Å². The summed E-state index contributed by atoms with van der Waals surface area (Å²) in [5, 5.41) is 4.16. The molecule has 114 valence electrons. The Kier molecular flexibility index (Phi) is 4.01. The molecule has 0 bridgehead atoms. The Morgan fingerprint density at radius 3 is 2.00 bits per heavy atom. The van der Waals surface area contributed by atoms with Crippen molar-refractivity contribution in [3.63, 3.8) is 0 Å². The Bertz CT molecular complexity index is 450. The molecule has 3 heteroatoms. The lowest BCUT2D eigenvalue weighted by atomic mass is 9.57. The highest BCUT2D eigenvalue weighted by molar-refractivity contribution is 5.02. The van der Waals surface area contributed by atoms with E-state index in [-0.39, 0.29) is 0 Å². The van der Waals surface area contributed by atoms with Gasteiger partial charge in [0.25, 0.3) is 0 Å². The molecule has 0 aliphatic heterocycles. The van der Waals surface area contributed by atoms with Crippen LogP contribution in [0.15, 0.2) is 4.52 Å². The van der Waals surface area contributed by atoms with Crippen LogP contribution in [-0.2, 0) is 0 Å². The highest BCUT2D eigenvalue weighted by atomic mass is 16.5. The molecule has 1 aliphatic rings. The first-order valence-electron chi connectivity index (χ1n) is 7.89. The summed E-state index contributed by atoms with van der Waals surface area (Å²) >= 11 is 0. The number of hydrogen-bond donors (Lipinski definition) is 0. The van der Waals surface area contributed by atoms with Gasteiger partial charge in [-0.2, -0.15) is 4.98 Å². The molecule has 0 spiro atoms. The van der Waals surface area contributed by atoms with Gasteiger partial charge in [-0.15, -0.1) is 0 Å². The molecule has 0 amide bonds. The topological polar surface area (TPSA) is 38.9 Å². The predicted octanol–water partition coefficient (Wildman–Crippen LogP) is 4.97. The van der Waals surface area contributed by atoms with Crippen LogP contribution >= 0.6 is 0 Å². The molecule has 3 nitrogen and oxygen atoms in total. The number of aryl methyl sites for hydroxylation is 1. The maximum Gasteiger partial charge on any atom is 0.223 e. The van der Waals surface area contributed by atoms with Crippen LogP contribution in [0.1, 0.15) is 78.4 Å². The van der Waals surface area contributed by atoms with Gasteiger partial charge in [-0.1, -0.05) is 46.7 Å². The van der Waals surface area contributed by atoms with E-state index in [0.29, 0.717) is 28.6 Å². The van der Waals surface area contributed by atoms with Gasteiger partial charge in [0.2, 0.25) is 5.89 Å². The molecule has 0 aromatic carbocycles. The fourth-order valence-electron chi connectivity index (χ4n) is 3.88. The monoisotopic (exact) mass is 278 g/mol. The molecule has 1 aliphatic carbocycles. The van der Waals surface area contributed by atoms with Crippen molar-refractivity contribution >= 4 is 0 Å². The van der Waals surface area contributed by atoms with Crippen LogP contribution in [0.3, 0.4) is 0 Å². The van der Waals surface area contributed by atoms with Crippen LogP contribution < -0.4 is 0 Å².